The van der Waals surface area contributed by atoms with E-state index in [1.807, 2.05) is 0 Å². The fourth-order valence-corrected chi connectivity index (χ4v) is 5.07. The Morgan fingerprint density at radius 1 is 1.27 bits per heavy atom. The molecular weight excluding hydrogens is 470 g/mol. The molecule has 1 saturated heterocycles. The summed E-state index contributed by atoms with van der Waals surface area (Å²) in [5.41, 5.74) is 0.421. The molecule has 1 aromatic heterocycles. The molecule has 33 heavy (non-hydrogen) atoms. The Labute approximate surface area is 196 Å². The van der Waals surface area contributed by atoms with E-state index in [1.54, 1.807) is 13.3 Å². The number of rotatable bonds is 12. The van der Waals surface area contributed by atoms with Crippen molar-refractivity contribution in [1.29, 1.82) is 0 Å². The SMILES string of the molecule is COCCCS(=O)(=O)c1ccc(C(=NO[C@@H]2CCOC2)C(=O)Nc2ncc(COC)s2)cc1. The molecule has 1 aliphatic heterocycles. The van der Waals surface area contributed by atoms with E-state index in [4.69, 9.17) is 19.0 Å². The standard InChI is InChI=1S/C21H27N3O7S2/c1-28-9-3-11-33(26,27)18-6-4-15(5-7-18)19(24-31-16-8-10-30-13-16)20(25)23-21-22-12-17(32-21)14-29-2/h4-7,12,16H,3,8-11,13-14H2,1-2H3,(H,22,23,25)/t16-/m1/s1. The molecule has 0 saturated carbocycles. The van der Waals surface area contributed by atoms with E-state index in [9.17, 15) is 13.2 Å². The van der Waals surface area contributed by atoms with Gasteiger partial charge in [0.25, 0.3) is 5.91 Å². The summed E-state index contributed by atoms with van der Waals surface area (Å²) in [4.78, 5) is 23.7. The van der Waals surface area contributed by atoms with Crippen molar-refractivity contribution in [1.82, 2.24) is 4.98 Å². The number of nitrogens with zero attached hydrogens (tertiary/aromatic N) is 2. The summed E-state index contributed by atoms with van der Waals surface area (Å²) in [5.74, 6) is -0.553. The molecule has 0 spiro atoms. The Morgan fingerprint density at radius 2 is 2.06 bits per heavy atom. The van der Waals surface area contributed by atoms with Crippen LogP contribution in [0.5, 0.6) is 0 Å². The number of oxime groups is 1. The zero-order valence-corrected chi connectivity index (χ0v) is 20.1. The van der Waals surface area contributed by atoms with Crippen molar-refractivity contribution in [3.63, 3.8) is 0 Å². The minimum absolute atomic E-state index is 0.00808. The van der Waals surface area contributed by atoms with Crippen molar-refractivity contribution in [3.05, 3.63) is 40.9 Å². The first-order chi connectivity index (χ1) is 15.9. The summed E-state index contributed by atoms with van der Waals surface area (Å²) < 4.78 is 40.3. The van der Waals surface area contributed by atoms with Gasteiger partial charge in [-0.05, 0) is 18.6 Å². The van der Waals surface area contributed by atoms with E-state index in [0.717, 1.165) is 4.88 Å². The van der Waals surface area contributed by atoms with Crippen molar-refractivity contribution in [2.45, 2.75) is 30.4 Å². The Morgan fingerprint density at radius 3 is 2.73 bits per heavy atom. The molecule has 10 nitrogen and oxygen atoms in total. The van der Waals surface area contributed by atoms with Gasteiger partial charge in [-0.15, -0.1) is 0 Å². The van der Waals surface area contributed by atoms with Gasteiger partial charge in [0.2, 0.25) is 0 Å². The highest BCUT2D eigenvalue weighted by Gasteiger charge is 2.22. The molecule has 0 unspecified atom stereocenters. The average molecular weight is 498 g/mol. The number of amides is 1. The predicted octanol–water partition coefficient (Wildman–Crippen LogP) is 2.25. The summed E-state index contributed by atoms with van der Waals surface area (Å²) in [5, 5.41) is 7.18. The largest absolute Gasteiger partial charge is 0.389 e. The first kappa shape index (κ1) is 25.2. The van der Waals surface area contributed by atoms with Crippen LogP contribution in [-0.2, 0) is 40.3 Å². The summed E-state index contributed by atoms with van der Waals surface area (Å²) in [7, 11) is -0.358. The van der Waals surface area contributed by atoms with Crippen molar-refractivity contribution < 1.29 is 32.3 Å². The number of carbonyl (C=O) groups excluding carboxylic acids is 1. The predicted molar refractivity (Wildman–Crippen MR) is 123 cm³/mol. The second-order valence-electron chi connectivity index (χ2n) is 7.24. The van der Waals surface area contributed by atoms with Crippen molar-refractivity contribution >= 4 is 37.9 Å². The maximum absolute atomic E-state index is 13.0. The number of hydrogen-bond donors (Lipinski definition) is 1. The summed E-state index contributed by atoms with van der Waals surface area (Å²) in [6, 6.07) is 5.99. The quantitative estimate of drug-likeness (QED) is 0.269. The van der Waals surface area contributed by atoms with Crippen LogP contribution in [0.3, 0.4) is 0 Å². The molecule has 1 aliphatic rings. The van der Waals surface area contributed by atoms with E-state index in [2.05, 4.69) is 15.5 Å². The molecule has 1 aromatic carbocycles. The Kier molecular flexibility index (Phi) is 9.32. The summed E-state index contributed by atoms with van der Waals surface area (Å²) in [6.07, 6.45) is 2.44. The van der Waals surface area contributed by atoms with E-state index in [1.165, 1.54) is 42.7 Å². The number of anilines is 1. The van der Waals surface area contributed by atoms with Gasteiger partial charge in [0, 0.05) is 39.0 Å². The van der Waals surface area contributed by atoms with Crippen molar-refractivity contribution in [2.24, 2.45) is 5.16 Å². The van der Waals surface area contributed by atoms with Gasteiger partial charge in [0.05, 0.1) is 35.3 Å². The third-order valence-corrected chi connectivity index (χ3v) is 7.41. The van der Waals surface area contributed by atoms with Crippen LogP contribution in [0.1, 0.15) is 23.3 Å². The molecule has 0 aliphatic carbocycles. The second-order valence-corrected chi connectivity index (χ2v) is 10.5. The molecule has 0 radical (unpaired) electrons. The van der Waals surface area contributed by atoms with Crippen LogP contribution in [0.4, 0.5) is 5.13 Å². The molecule has 12 heteroatoms. The minimum Gasteiger partial charge on any atom is -0.389 e. The first-order valence-electron chi connectivity index (χ1n) is 10.3. The number of ether oxygens (including phenoxy) is 3. The van der Waals surface area contributed by atoms with Crippen LogP contribution in [0.2, 0.25) is 0 Å². The van der Waals surface area contributed by atoms with Crippen LogP contribution in [0.15, 0.2) is 40.5 Å². The fraction of sp³-hybridized carbons (Fsp3) is 0.476. The van der Waals surface area contributed by atoms with Crippen molar-refractivity contribution in [2.75, 3.05) is 45.1 Å². The second kappa shape index (κ2) is 12.2. The Bertz CT molecular complexity index is 1050. The summed E-state index contributed by atoms with van der Waals surface area (Å²) in [6.45, 7) is 1.71. The third-order valence-electron chi connectivity index (χ3n) is 4.71. The van der Waals surface area contributed by atoms with E-state index in [-0.39, 0.29) is 22.5 Å². The maximum atomic E-state index is 13.0. The maximum Gasteiger partial charge on any atom is 0.280 e. The van der Waals surface area contributed by atoms with Gasteiger partial charge < -0.3 is 19.0 Å². The molecule has 3 rings (SSSR count). The molecule has 1 fully saturated rings. The topological polar surface area (TPSA) is 125 Å². The highest BCUT2D eigenvalue weighted by Crippen LogP contribution is 2.20. The molecule has 2 heterocycles. The number of benzene rings is 1. The number of methoxy groups -OCH3 is 2. The van der Waals surface area contributed by atoms with Crippen LogP contribution < -0.4 is 5.32 Å². The lowest BCUT2D eigenvalue weighted by Gasteiger charge is -2.10. The third kappa shape index (κ3) is 7.30. The zero-order valence-electron chi connectivity index (χ0n) is 18.5. The fourth-order valence-electron chi connectivity index (χ4n) is 3.01. The lowest BCUT2D eigenvalue weighted by atomic mass is 10.1. The highest BCUT2D eigenvalue weighted by molar-refractivity contribution is 7.91. The number of thiazole rings is 1. The van der Waals surface area contributed by atoms with Crippen LogP contribution in [0, 0.1) is 0 Å². The number of nitrogens with one attached hydrogen (secondary N) is 1. The number of sulfone groups is 1. The normalized spacial score (nSPS) is 16.7. The molecule has 1 N–H and O–H groups in total. The van der Waals surface area contributed by atoms with Crippen LogP contribution >= 0.6 is 11.3 Å². The van der Waals surface area contributed by atoms with E-state index < -0.39 is 15.7 Å². The lowest BCUT2D eigenvalue weighted by molar-refractivity contribution is -0.110. The van der Waals surface area contributed by atoms with Crippen LogP contribution in [-0.4, -0.2) is 70.9 Å². The van der Waals surface area contributed by atoms with Gasteiger partial charge in [-0.25, -0.2) is 13.4 Å². The smallest absolute Gasteiger partial charge is 0.280 e. The Hall–Kier alpha value is -2.38. The van der Waals surface area contributed by atoms with Gasteiger partial charge in [-0.3, -0.25) is 10.1 Å². The van der Waals surface area contributed by atoms with Crippen molar-refractivity contribution in [3.8, 4) is 0 Å². The van der Waals surface area contributed by atoms with E-state index in [0.29, 0.717) is 50.0 Å². The van der Waals surface area contributed by atoms with E-state index >= 15 is 0 Å². The minimum atomic E-state index is -3.46. The van der Waals surface area contributed by atoms with Gasteiger partial charge >= 0.3 is 0 Å². The molecule has 1 atom stereocenters. The van der Waals surface area contributed by atoms with Gasteiger partial charge in [-0.1, -0.05) is 28.6 Å². The molecule has 2 aromatic rings. The van der Waals surface area contributed by atoms with Gasteiger partial charge in [0.1, 0.15) is 0 Å². The number of aromatic nitrogens is 1. The molecule has 180 valence electrons. The number of hydrogen-bond acceptors (Lipinski definition) is 10. The lowest BCUT2D eigenvalue weighted by Crippen LogP contribution is -2.25. The highest BCUT2D eigenvalue weighted by atomic mass is 32.2. The monoisotopic (exact) mass is 497 g/mol. The molecule has 1 amide bonds. The Balaban J connectivity index is 1.79. The summed E-state index contributed by atoms with van der Waals surface area (Å²) >= 11 is 1.28. The number of carbonyl (C=O) groups is 1. The zero-order chi connectivity index (χ0) is 23.7. The van der Waals surface area contributed by atoms with Gasteiger partial charge in [0.15, 0.2) is 26.8 Å². The van der Waals surface area contributed by atoms with Gasteiger partial charge in [-0.2, -0.15) is 0 Å². The molecular formula is C21H27N3O7S2. The van der Waals surface area contributed by atoms with Crippen LogP contribution in [0.25, 0.3) is 0 Å². The molecule has 0 bridgehead atoms. The average Bonchev–Trinajstić information content (AvgIpc) is 3.47. The first-order valence-corrected chi connectivity index (χ1v) is 12.8.